The number of H-pyrrole nitrogens is 1. The second kappa shape index (κ2) is 6.82. The highest BCUT2D eigenvalue weighted by Crippen LogP contribution is 2.38. The summed E-state index contributed by atoms with van der Waals surface area (Å²) in [7, 11) is 0. The summed E-state index contributed by atoms with van der Waals surface area (Å²) in [5, 5.41) is 17.6. The van der Waals surface area contributed by atoms with E-state index >= 15 is 0 Å². The van der Waals surface area contributed by atoms with Crippen molar-refractivity contribution < 1.29 is 9.53 Å². The smallest absolute Gasteiger partial charge is 0.262 e. The number of fused-ring (bicyclic) bond motifs is 1. The minimum absolute atomic E-state index is 0.0217. The molecular formula is C18H23N5O2. The van der Waals surface area contributed by atoms with Gasteiger partial charge in [0.25, 0.3) is 5.91 Å². The molecule has 3 atom stereocenters. The fourth-order valence-electron chi connectivity index (χ4n) is 4.04. The van der Waals surface area contributed by atoms with Gasteiger partial charge >= 0.3 is 0 Å². The van der Waals surface area contributed by atoms with E-state index in [2.05, 4.69) is 25.9 Å². The predicted molar refractivity (Wildman–Crippen MR) is 90.9 cm³/mol. The van der Waals surface area contributed by atoms with Crippen LogP contribution < -0.4 is 10.1 Å². The quantitative estimate of drug-likeness (QED) is 0.891. The number of hydrogen-bond acceptors (Lipinski definition) is 5. The summed E-state index contributed by atoms with van der Waals surface area (Å²) in [4.78, 5) is 13.0. The molecule has 0 bridgehead atoms. The highest BCUT2D eigenvalue weighted by molar-refractivity contribution is 5.83. The van der Waals surface area contributed by atoms with Crippen LogP contribution in [0.5, 0.6) is 5.75 Å². The highest BCUT2D eigenvalue weighted by atomic mass is 16.5. The molecule has 0 saturated heterocycles. The molecule has 2 aliphatic rings. The average molecular weight is 341 g/mol. The van der Waals surface area contributed by atoms with Gasteiger partial charge in [-0.1, -0.05) is 49.6 Å². The van der Waals surface area contributed by atoms with E-state index in [1.165, 1.54) is 19.3 Å². The van der Waals surface area contributed by atoms with Crippen LogP contribution in [0.3, 0.4) is 0 Å². The molecule has 1 amide bonds. The Bertz CT molecular complexity index is 727. The normalized spacial score (nSPS) is 24.4. The number of ether oxygens (including phenoxy) is 1. The van der Waals surface area contributed by atoms with Gasteiger partial charge in [-0.15, -0.1) is 10.2 Å². The van der Waals surface area contributed by atoms with Crippen molar-refractivity contribution in [2.24, 2.45) is 5.92 Å². The van der Waals surface area contributed by atoms with Crippen LogP contribution in [0.25, 0.3) is 0 Å². The van der Waals surface area contributed by atoms with Crippen LogP contribution in [0.4, 0.5) is 0 Å². The van der Waals surface area contributed by atoms with Crippen LogP contribution >= 0.6 is 0 Å². The second-order valence-corrected chi connectivity index (χ2v) is 7.02. The molecule has 7 heteroatoms. The molecule has 25 heavy (non-hydrogen) atoms. The van der Waals surface area contributed by atoms with E-state index < -0.39 is 6.10 Å². The maximum atomic E-state index is 13.0. The second-order valence-electron chi connectivity index (χ2n) is 7.02. The van der Waals surface area contributed by atoms with Crippen LogP contribution in [-0.2, 0) is 4.79 Å². The lowest BCUT2D eigenvalue weighted by atomic mass is 9.83. The molecule has 1 aliphatic carbocycles. The van der Waals surface area contributed by atoms with Gasteiger partial charge in [0.05, 0.1) is 6.04 Å². The Labute approximate surface area is 146 Å². The molecular weight excluding hydrogens is 318 g/mol. The number of carbonyl (C=O) groups excluding carboxylic acids is 1. The van der Waals surface area contributed by atoms with Gasteiger partial charge in [0, 0.05) is 11.5 Å². The number of nitrogens with zero attached hydrogens (tertiary/aromatic N) is 3. The van der Waals surface area contributed by atoms with Crippen molar-refractivity contribution >= 4 is 5.91 Å². The molecule has 2 aromatic rings. The number of nitrogens with one attached hydrogen (secondary N) is 2. The van der Waals surface area contributed by atoms with E-state index in [9.17, 15) is 4.79 Å². The number of benzene rings is 1. The minimum Gasteiger partial charge on any atom is -0.480 e. The van der Waals surface area contributed by atoms with E-state index in [1.807, 2.05) is 31.2 Å². The minimum atomic E-state index is -0.518. The fraction of sp³-hybridized carbons (Fsp3) is 0.556. The third-order valence-electron chi connectivity index (χ3n) is 5.43. The maximum Gasteiger partial charge on any atom is 0.262 e. The topological polar surface area (TPSA) is 92.8 Å². The van der Waals surface area contributed by atoms with E-state index in [-0.39, 0.29) is 17.9 Å². The van der Waals surface area contributed by atoms with Crippen molar-refractivity contribution in [3.05, 3.63) is 35.7 Å². The molecule has 1 saturated carbocycles. The zero-order valence-electron chi connectivity index (χ0n) is 14.3. The first kappa shape index (κ1) is 16.1. The molecule has 1 aliphatic heterocycles. The number of amides is 1. The van der Waals surface area contributed by atoms with Crippen LogP contribution in [-0.4, -0.2) is 32.6 Å². The lowest BCUT2D eigenvalue weighted by Gasteiger charge is -2.30. The van der Waals surface area contributed by atoms with Crippen molar-refractivity contribution in [2.75, 3.05) is 0 Å². The monoisotopic (exact) mass is 341 g/mol. The number of aromatic amines is 1. The largest absolute Gasteiger partial charge is 0.480 e. The summed E-state index contributed by atoms with van der Waals surface area (Å²) >= 11 is 0. The molecule has 4 rings (SSSR count). The van der Waals surface area contributed by atoms with E-state index in [1.54, 1.807) is 0 Å². The lowest BCUT2D eigenvalue weighted by molar-refractivity contribution is -0.129. The molecule has 132 valence electrons. The predicted octanol–water partition coefficient (Wildman–Crippen LogP) is 2.50. The van der Waals surface area contributed by atoms with Crippen LogP contribution in [0.15, 0.2) is 24.3 Å². The molecule has 0 radical (unpaired) electrons. The molecule has 7 nitrogen and oxygen atoms in total. The first-order valence-corrected chi connectivity index (χ1v) is 9.03. The molecule has 1 unspecified atom stereocenters. The van der Waals surface area contributed by atoms with Crippen molar-refractivity contribution in [3.63, 3.8) is 0 Å². The maximum absolute atomic E-state index is 13.0. The first-order chi connectivity index (χ1) is 12.2. The van der Waals surface area contributed by atoms with Gasteiger partial charge in [-0.2, -0.15) is 5.21 Å². The van der Waals surface area contributed by atoms with Crippen LogP contribution in [0.1, 0.15) is 62.4 Å². The Morgan fingerprint density at radius 2 is 2.08 bits per heavy atom. The zero-order chi connectivity index (χ0) is 17.2. The molecule has 0 spiro atoms. The van der Waals surface area contributed by atoms with Crippen molar-refractivity contribution in [2.45, 2.75) is 57.1 Å². The highest BCUT2D eigenvalue weighted by Gasteiger charge is 2.39. The first-order valence-electron chi connectivity index (χ1n) is 9.03. The Kier molecular flexibility index (Phi) is 4.38. The summed E-state index contributed by atoms with van der Waals surface area (Å²) < 4.78 is 5.91. The van der Waals surface area contributed by atoms with Crippen molar-refractivity contribution in [3.8, 4) is 5.75 Å². The van der Waals surface area contributed by atoms with Gasteiger partial charge in [-0.25, -0.2) is 0 Å². The molecule has 2 heterocycles. The number of para-hydroxylation sites is 1. The van der Waals surface area contributed by atoms with Crippen LogP contribution in [0, 0.1) is 5.92 Å². The zero-order valence-corrected chi connectivity index (χ0v) is 14.3. The summed E-state index contributed by atoms with van der Waals surface area (Å²) in [6.45, 7) is 2.03. The van der Waals surface area contributed by atoms with Gasteiger partial charge in [0.15, 0.2) is 11.9 Å². The standard InChI is InChI=1S/C18H23N5O2/c1-11-13-9-5-6-10-14(13)25-16(11)18(24)19-15(17-20-22-23-21-17)12-7-3-2-4-8-12/h5-6,9-12,15-16H,2-4,7-8H2,1H3,(H,19,24)(H,20,21,22,23)/t11-,15?,16+/m0/s1. The van der Waals surface area contributed by atoms with E-state index in [0.29, 0.717) is 11.7 Å². The van der Waals surface area contributed by atoms with Crippen LogP contribution in [0.2, 0.25) is 0 Å². The number of hydrogen-bond donors (Lipinski definition) is 2. The third kappa shape index (κ3) is 3.10. The lowest BCUT2D eigenvalue weighted by Crippen LogP contribution is -2.43. The Hall–Kier alpha value is -2.44. The van der Waals surface area contributed by atoms with Gasteiger partial charge in [-0.3, -0.25) is 4.79 Å². The van der Waals surface area contributed by atoms with Crippen molar-refractivity contribution in [1.82, 2.24) is 25.9 Å². The summed E-state index contributed by atoms with van der Waals surface area (Å²) in [6.07, 6.45) is 5.23. The SMILES string of the molecule is C[C@H]1c2ccccc2O[C@H]1C(=O)NC(c1nn[nH]n1)C1CCCCC1. The number of rotatable bonds is 4. The van der Waals surface area contributed by atoms with Gasteiger partial charge in [-0.05, 0) is 24.8 Å². The number of carbonyl (C=O) groups is 1. The Balaban J connectivity index is 1.51. The fourth-order valence-corrected chi connectivity index (χ4v) is 4.04. The summed E-state index contributed by atoms with van der Waals surface area (Å²) in [5.74, 6) is 1.61. The third-order valence-corrected chi connectivity index (χ3v) is 5.43. The van der Waals surface area contributed by atoms with Gasteiger partial charge in [0.1, 0.15) is 5.75 Å². The summed E-state index contributed by atoms with van der Waals surface area (Å²) in [5.41, 5.74) is 1.08. The molecule has 1 fully saturated rings. The number of tetrazole rings is 1. The number of aromatic nitrogens is 4. The van der Waals surface area contributed by atoms with Gasteiger partial charge in [0.2, 0.25) is 0 Å². The van der Waals surface area contributed by atoms with Gasteiger partial charge < -0.3 is 10.1 Å². The van der Waals surface area contributed by atoms with Crippen molar-refractivity contribution in [1.29, 1.82) is 0 Å². The van der Waals surface area contributed by atoms with E-state index in [4.69, 9.17) is 4.74 Å². The Morgan fingerprint density at radius 1 is 1.28 bits per heavy atom. The molecule has 2 N–H and O–H groups in total. The summed E-state index contributed by atoms with van der Waals surface area (Å²) in [6, 6.07) is 7.62. The molecule has 1 aromatic heterocycles. The Morgan fingerprint density at radius 3 is 2.80 bits per heavy atom. The molecule has 1 aromatic carbocycles. The van der Waals surface area contributed by atoms with E-state index in [0.717, 1.165) is 24.2 Å². The average Bonchev–Trinajstić information content (AvgIpc) is 3.29.